The summed E-state index contributed by atoms with van der Waals surface area (Å²) in [5.74, 6) is -0.394. The van der Waals surface area contributed by atoms with Crippen LogP contribution in [0.4, 0.5) is 0 Å². The summed E-state index contributed by atoms with van der Waals surface area (Å²) in [6.45, 7) is 0.305. The molecule has 0 bridgehead atoms. The highest BCUT2D eigenvalue weighted by molar-refractivity contribution is 5.97. The summed E-state index contributed by atoms with van der Waals surface area (Å²) in [7, 11) is 0. The third kappa shape index (κ3) is 4.40. The molecule has 0 aliphatic carbocycles. The van der Waals surface area contributed by atoms with Crippen molar-refractivity contribution in [2.45, 2.75) is 19.4 Å². The molecule has 1 heterocycles. The van der Waals surface area contributed by atoms with E-state index in [1.54, 1.807) is 11.0 Å². The van der Waals surface area contributed by atoms with Gasteiger partial charge in [-0.05, 0) is 46.4 Å². The average molecular weight is 410 g/mol. The normalized spacial score (nSPS) is 12.7. The Morgan fingerprint density at radius 3 is 2.39 bits per heavy atom. The number of nitrogens with zero attached hydrogens (tertiary/aromatic N) is 2. The lowest BCUT2D eigenvalue weighted by Gasteiger charge is -2.30. The number of fused-ring (bicyclic) bond motifs is 1. The molecule has 0 atom stereocenters. The fourth-order valence-electron chi connectivity index (χ4n) is 3.96. The summed E-state index contributed by atoms with van der Waals surface area (Å²) in [5.41, 5.74) is 5.60. The Bertz CT molecular complexity index is 1160. The van der Waals surface area contributed by atoms with E-state index in [1.165, 1.54) is 6.07 Å². The molecule has 0 saturated carbocycles. The number of carbonyl (C=O) groups is 2. The van der Waals surface area contributed by atoms with Gasteiger partial charge in [0.1, 0.15) is 6.61 Å². The van der Waals surface area contributed by atoms with Crippen molar-refractivity contribution in [3.05, 3.63) is 94.5 Å². The Balaban J connectivity index is 1.48. The molecule has 0 saturated heterocycles. The molecule has 3 aromatic rings. The van der Waals surface area contributed by atoms with Gasteiger partial charge in [0.2, 0.25) is 5.91 Å². The molecule has 31 heavy (non-hydrogen) atoms. The predicted octanol–water partition coefficient (Wildman–Crippen LogP) is 3.53. The number of amides is 1. The van der Waals surface area contributed by atoms with Crippen molar-refractivity contribution < 1.29 is 14.7 Å². The fourth-order valence-corrected chi connectivity index (χ4v) is 3.96. The van der Waals surface area contributed by atoms with Crippen LogP contribution in [-0.2, 0) is 24.2 Å². The summed E-state index contributed by atoms with van der Waals surface area (Å²) in [6.07, 6.45) is 0.878. The van der Waals surface area contributed by atoms with Crippen LogP contribution in [0.2, 0.25) is 0 Å². The fraction of sp³-hybridized carbons (Fsp3) is 0.192. The first-order valence-corrected chi connectivity index (χ1v) is 10.2. The molecule has 0 unspecified atom stereocenters. The van der Waals surface area contributed by atoms with E-state index < -0.39 is 12.4 Å². The standard InChI is InChI=1S/C26H22N2O3/c27-15-23-14-22(25(30)17-29)13-21-10-11-28(16-24(21)23)26(31)12-18-6-8-20(9-7-18)19-4-2-1-3-5-19/h1-9,13-14,29H,10-12,16-17H2. The Morgan fingerprint density at radius 1 is 1.00 bits per heavy atom. The Labute approximate surface area is 181 Å². The van der Waals surface area contributed by atoms with Gasteiger partial charge in [-0.1, -0.05) is 54.6 Å². The first kappa shape index (κ1) is 20.5. The predicted molar refractivity (Wildman–Crippen MR) is 117 cm³/mol. The maximum atomic E-state index is 12.9. The SMILES string of the molecule is N#Cc1cc(C(=O)CO)cc2c1CN(C(=O)Cc1ccc(-c3ccccc3)cc1)CC2. The van der Waals surface area contributed by atoms with Crippen LogP contribution < -0.4 is 0 Å². The molecule has 1 N–H and O–H groups in total. The highest BCUT2D eigenvalue weighted by atomic mass is 16.3. The van der Waals surface area contributed by atoms with E-state index in [-0.39, 0.29) is 5.91 Å². The molecule has 0 radical (unpaired) electrons. The Kier molecular flexibility index (Phi) is 5.92. The minimum absolute atomic E-state index is 0.0116. The van der Waals surface area contributed by atoms with E-state index in [1.807, 2.05) is 42.5 Å². The van der Waals surface area contributed by atoms with Crippen LogP contribution in [-0.4, -0.2) is 34.8 Å². The first-order valence-electron chi connectivity index (χ1n) is 10.2. The molecule has 0 fully saturated rings. The van der Waals surface area contributed by atoms with E-state index >= 15 is 0 Å². The van der Waals surface area contributed by atoms with E-state index in [4.69, 9.17) is 5.11 Å². The molecule has 1 aliphatic heterocycles. The summed E-state index contributed by atoms with van der Waals surface area (Å²) in [6, 6.07) is 23.5. The number of Topliss-reactive ketones (excluding diaryl/α,β-unsaturated/α-hetero) is 1. The van der Waals surface area contributed by atoms with Crippen molar-refractivity contribution in [2.24, 2.45) is 0 Å². The number of aliphatic hydroxyl groups excluding tert-OH is 1. The van der Waals surface area contributed by atoms with Gasteiger partial charge in [0.25, 0.3) is 0 Å². The average Bonchev–Trinajstić information content (AvgIpc) is 2.83. The summed E-state index contributed by atoms with van der Waals surface area (Å²) in [4.78, 5) is 26.5. The van der Waals surface area contributed by atoms with Crippen LogP contribution in [0.15, 0.2) is 66.7 Å². The van der Waals surface area contributed by atoms with Crippen LogP contribution in [0, 0.1) is 11.3 Å². The van der Waals surface area contributed by atoms with Gasteiger partial charge in [-0.25, -0.2) is 0 Å². The van der Waals surface area contributed by atoms with Crippen molar-refractivity contribution in [2.75, 3.05) is 13.2 Å². The second-order valence-corrected chi connectivity index (χ2v) is 7.66. The van der Waals surface area contributed by atoms with Crippen LogP contribution >= 0.6 is 0 Å². The molecule has 5 nitrogen and oxygen atoms in total. The zero-order valence-corrected chi connectivity index (χ0v) is 17.0. The third-order valence-electron chi connectivity index (χ3n) is 5.70. The second-order valence-electron chi connectivity index (χ2n) is 7.66. The van der Waals surface area contributed by atoms with E-state index in [0.717, 1.165) is 27.8 Å². The van der Waals surface area contributed by atoms with Crippen LogP contribution in [0.25, 0.3) is 11.1 Å². The number of hydrogen-bond acceptors (Lipinski definition) is 4. The zero-order chi connectivity index (χ0) is 21.8. The first-order chi connectivity index (χ1) is 15.1. The molecule has 0 spiro atoms. The Hall–Kier alpha value is -3.75. The number of aliphatic hydroxyl groups is 1. The summed E-state index contributed by atoms with van der Waals surface area (Å²) < 4.78 is 0. The monoisotopic (exact) mass is 410 g/mol. The second kappa shape index (κ2) is 8.95. The number of nitriles is 1. The minimum atomic E-state index is -0.586. The third-order valence-corrected chi connectivity index (χ3v) is 5.70. The largest absolute Gasteiger partial charge is 0.388 e. The van der Waals surface area contributed by atoms with E-state index in [2.05, 4.69) is 18.2 Å². The van der Waals surface area contributed by atoms with E-state index in [9.17, 15) is 14.9 Å². The number of hydrogen-bond donors (Lipinski definition) is 1. The quantitative estimate of drug-likeness (QED) is 0.653. The van der Waals surface area contributed by atoms with Crippen molar-refractivity contribution >= 4 is 11.7 Å². The van der Waals surface area contributed by atoms with Crippen LogP contribution in [0.5, 0.6) is 0 Å². The van der Waals surface area contributed by atoms with Gasteiger partial charge in [0.15, 0.2) is 5.78 Å². The van der Waals surface area contributed by atoms with Crippen LogP contribution in [0.3, 0.4) is 0 Å². The van der Waals surface area contributed by atoms with Crippen molar-refractivity contribution in [3.63, 3.8) is 0 Å². The van der Waals surface area contributed by atoms with Gasteiger partial charge in [0, 0.05) is 18.7 Å². The zero-order valence-electron chi connectivity index (χ0n) is 17.0. The summed E-state index contributed by atoms with van der Waals surface area (Å²) in [5, 5.41) is 18.6. The smallest absolute Gasteiger partial charge is 0.227 e. The Morgan fingerprint density at radius 2 is 1.71 bits per heavy atom. The maximum absolute atomic E-state index is 12.9. The molecule has 154 valence electrons. The topological polar surface area (TPSA) is 81.4 Å². The molecule has 1 aliphatic rings. The van der Waals surface area contributed by atoms with Crippen molar-refractivity contribution in [1.29, 1.82) is 5.26 Å². The van der Waals surface area contributed by atoms with Gasteiger partial charge in [-0.2, -0.15) is 5.26 Å². The minimum Gasteiger partial charge on any atom is -0.388 e. The van der Waals surface area contributed by atoms with Gasteiger partial charge in [-0.3, -0.25) is 9.59 Å². The van der Waals surface area contributed by atoms with Crippen molar-refractivity contribution in [1.82, 2.24) is 4.90 Å². The molecular weight excluding hydrogens is 388 g/mol. The molecule has 0 aromatic heterocycles. The van der Waals surface area contributed by atoms with Crippen LogP contribution in [0.1, 0.15) is 32.6 Å². The number of ketones is 1. The molecule has 5 heteroatoms. The van der Waals surface area contributed by atoms with E-state index in [0.29, 0.717) is 37.1 Å². The summed E-state index contributed by atoms with van der Waals surface area (Å²) >= 11 is 0. The maximum Gasteiger partial charge on any atom is 0.227 e. The number of rotatable bonds is 5. The molecular formula is C26H22N2O3. The highest BCUT2D eigenvalue weighted by Crippen LogP contribution is 2.26. The molecule has 3 aromatic carbocycles. The van der Waals surface area contributed by atoms with Crippen molar-refractivity contribution in [3.8, 4) is 17.2 Å². The van der Waals surface area contributed by atoms with Gasteiger partial charge in [0.05, 0.1) is 18.1 Å². The highest BCUT2D eigenvalue weighted by Gasteiger charge is 2.24. The van der Waals surface area contributed by atoms with Gasteiger partial charge >= 0.3 is 0 Å². The van der Waals surface area contributed by atoms with Gasteiger partial charge in [-0.15, -0.1) is 0 Å². The lowest BCUT2D eigenvalue weighted by Crippen LogP contribution is -2.37. The number of benzene rings is 3. The lowest BCUT2D eigenvalue weighted by atomic mass is 9.91. The van der Waals surface area contributed by atoms with Gasteiger partial charge < -0.3 is 10.0 Å². The molecule has 4 rings (SSSR count). The lowest BCUT2D eigenvalue weighted by molar-refractivity contribution is -0.131. The molecule has 1 amide bonds. The number of carbonyl (C=O) groups excluding carboxylic acids is 2.